The lowest BCUT2D eigenvalue weighted by Crippen LogP contribution is -2.33. The molecule has 2 nitrogen and oxygen atoms in total. The van der Waals surface area contributed by atoms with Crippen LogP contribution >= 0.6 is 0 Å². The molecule has 1 aliphatic carbocycles. The molecule has 18 heavy (non-hydrogen) atoms. The van der Waals surface area contributed by atoms with Crippen LogP contribution in [0.15, 0.2) is 12.1 Å². The van der Waals surface area contributed by atoms with Gasteiger partial charge in [-0.3, -0.25) is 0 Å². The van der Waals surface area contributed by atoms with Crippen molar-refractivity contribution in [3.63, 3.8) is 0 Å². The second-order valence-electron chi connectivity index (χ2n) is 5.01. The average molecular weight is 255 g/mol. The summed E-state index contributed by atoms with van der Waals surface area (Å²) in [4.78, 5) is 0. The first-order valence-electron chi connectivity index (χ1n) is 6.49. The maximum absolute atomic E-state index is 13.9. The Hall–Kier alpha value is -1.16. The lowest BCUT2D eigenvalue weighted by molar-refractivity contribution is 0.144. The maximum Gasteiger partial charge on any atom is 0.152 e. The Kier molecular flexibility index (Phi) is 4.17. The number of hydrogen-bond donors (Lipinski definition) is 2. The Bertz CT molecular complexity index is 423. The summed E-state index contributed by atoms with van der Waals surface area (Å²) >= 11 is 0. The van der Waals surface area contributed by atoms with Crippen LogP contribution < -0.4 is 5.32 Å². The third kappa shape index (κ3) is 2.80. The summed E-state index contributed by atoms with van der Waals surface area (Å²) in [7, 11) is 0. The highest BCUT2D eigenvalue weighted by Gasteiger charge is 2.24. The molecule has 0 aromatic heterocycles. The van der Waals surface area contributed by atoms with Gasteiger partial charge in [-0.05, 0) is 31.4 Å². The van der Waals surface area contributed by atoms with Gasteiger partial charge in [0.15, 0.2) is 5.82 Å². The second kappa shape index (κ2) is 5.65. The highest BCUT2D eigenvalue weighted by Crippen LogP contribution is 2.26. The Labute approximate surface area is 106 Å². The number of nitrogens with one attached hydrogen (secondary N) is 1. The van der Waals surface area contributed by atoms with Gasteiger partial charge in [0.25, 0.3) is 0 Å². The molecule has 4 heteroatoms. The minimum atomic E-state index is -0.602. The van der Waals surface area contributed by atoms with E-state index in [2.05, 4.69) is 5.32 Å². The molecule has 1 saturated carbocycles. The SMILES string of the molecule is Cc1ccc(F)c(NC2CCCCCC2O)c1F. The van der Waals surface area contributed by atoms with E-state index < -0.39 is 17.7 Å². The first-order valence-corrected chi connectivity index (χ1v) is 6.49. The van der Waals surface area contributed by atoms with E-state index in [1.165, 1.54) is 12.1 Å². The molecule has 2 atom stereocenters. The fourth-order valence-corrected chi connectivity index (χ4v) is 2.43. The van der Waals surface area contributed by atoms with Gasteiger partial charge in [0, 0.05) is 0 Å². The Morgan fingerprint density at radius 1 is 1.17 bits per heavy atom. The number of aliphatic hydroxyl groups excluding tert-OH is 1. The van der Waals surface area contributed by atoms with Crippen LogP contribution in [0.4, 0.5) is 14.5 Å². The number of aryl methyl sites for hydroxylation is 1. The molecule has 1 aromatic carbocycles. The normalized spacial score (nSPS) is 24.7. The molecule has 0 aliphatic heterocycles. The molecule has 100 valence electrons. The zero-order valence-electron chi connectivity index (χ0n) is 10.5. The topological polar surface area (TPSA) is 32.3 Å². The molecule has 1 aromatic rings. The maximum atomic E-state index is 13.9. The van der Waals surface area contributed by atoms with Crippen LogP contribution in [-0.2, 0) is 0 Å². The van der Waals surface area contributed by atoms with Gasteiger partial charge in [0.05, 0.1) is 12.1 Å². The third-order valence-corrected chi connectivity index (χ3v) is 3.59. The Balaban J connectivity index is 2.19. The molecule has 1 fully saturated rings. The van der Waals surface area contributed by atoms with Gasteiger partial charge in [-0.15, -0.1) is 0 Å². The first kappa shape index (κ1) is 13.3. The molecule has 0 heterocycles. The van der Waals surface area contributed by atoms with Gasteiger partial charge in [-0.1, -0.05) is 25.3 Å². The lowest BCUT2D eigenvalue weighted by atomic mass is 10.1. The number of aliphatic hydroxyl groups is 1. The smallest absolute Gasteiger partial charge is 0.152 e. The number of rotatable bonds is 2. The van der Waals surface area contributed by atoms with Crippen molar-refractivity contribution in [3.8, 4) is 0 Å². The van der Waals surface area contributed by atoms with E-state index in [1.807, 2.05) is 0 Å². The van der Waals surface area contributed by atoms with Crippen molar-refractivity contribution in [1.29, 1.82) is 0 Å². The van der Waals surface area contributed by atoms with Crippen LogP contribution in [0.3, 0.4) is 0 Å². The molecular weight excluding hydrogens is 236 g/mol. The molecule has 0 spiro atoms. The molecule has 0 bridgehead atoms. The van der Waals surface area contributed by atoms with Crippen LogP contribution in [0.2, 0.25) is 0 Å². The molecular formula is C14H19F2NO. The highest BCUT2D eigenvalue weighted by atomic mass is 19.1. The molecule has 2 rings (SSSR count). The van der Waals surface area contributed by atoms with Gasteiger partial charge >= 0.3 is 0 Å². The summed E-state index contributed by atoms with van der Waals surface area (Å²) in [5.74, 6) is -1.17. The quantitative estimate of drug-likeness (QED) is 0.794. The molecule has 2 unspecified atom stereocenters. The summed E-state index contributed by atoms with van der Waals surface area (Å²) in [5, 5.41) is 12.8. The molecule has 1 aliphatic rings. The van der Waals surface area contributed by atoms with E-state index in [4.69, 9.17) is 0 Å². The van der Waals surface area contributed by atoms with Crippen molar-refractivity contribution < 1.29 is 13.9 Å². The summed E-state index contributed by atoms with van der Waals surface area (Å²) < 4.78 is 27.5. The van der Waals surface area contributed by atoms with Gasteiger partial charge in [0.2, 0.25) is 0 Å². The Morgan fingerprint density at radius 2 is 1.89 bits per heavy atom. The zero-order chi connectivity index (χ0) is 13.1. The van der Waals surface area contributed by atoms with Crippen molar-refractivity contribution in [2.45, 2.75) is 51.2 Å². The molecule has 0 saturated heterocycles. The van der Waals surface area contributed by atoms with Gasteiger partial charge < -0.3 is 10.4 Å². The van der Waals surface area contributed by atoms with E-state index in [0.717, 1.165) is 25.7 Å². The molecule has 2 N–H and O–H groups in total. The summed E-state index contributed by atoms with van der Waals surface area (Å²) in [6.07, 6.45) is 3.91. The highest BCUT2D eigenvalue weighted by molar-refractivity contribution is 5.49. The minimum absolute atomic E-state index is 0.110. The zero-order valence-corrected chi connectivity index (χ0v) is 10.5. The largest absolute Gasteiger partial charge is 0.391 e. The average Bonchev–Trinajstić information content (AvgIpc) is 2.55. The van der Waals surface area contributed by atoms with E-state index >= 15 is 0 Å². The van der Waals surface area contributed by atoms with Gasteiger partial charge in [0.1, 0.15) is 11.5 Å². The van der Waals surface area contributed by atoms with Crippen LogP contribution in [0.5, 0.6) is 0 Å². The lowest BCUT2D eigenvalue weighted by Gasteiger charge is -2.23. The van der Waals surface area contributed by atoms with Crippen LogP contribution in [0, 0.1) is 18.6 Å². The van der Waals surface area contributed by atoms with Crippen molar-refractivity contribution >= 4 is 5.69 Å². The fraction of sp³-hybridized carbons (Fsp3) is 0.571. The predicted molar refractivity (Wildman–Crippen MR) is 67.6 cm³/mol. The minimum Gasteiger partial charge on any atom is -0.391 e. The van der Waals surface area contributed by atoms with Crippen molar-refractivity contribution in [1.82, 2.24) is 0 Å². The first-order chi connectivity index (χ1) is 8.59. The van der Waals surface area contributed by atoms with Crippen LogP contribution in [0.25, 0.3) is 0 Å². The second-order valence-corrected chi connectivity index (χ2v) is 5.01. The van der Waals surface area contributed by atoms with Gasteiger partial charge in [-0.2, -0.15) is 0 Å². The monoisotopic (exact) mass is 255 g/mol. The fourth-order valence-electron chi connectivity index (χ4n) is 2.43. The van der Waals surface area contributed by atoms with Crippen LogP contribution in [0.1, 0.15) is 37.7 Å². The van der Waals surface area contributed by atoms with Crippen molar-refractivity contribution in [2.24, 2.45) is 0 Å². The van der Waals surface area contributed by atoms with E-state index in [-0.39, 0.29) is 11.7 Å². The molecule has 0 amide bonds. The Morgan fingerprint density at radius 3 is 2.67 bits per heavy atom. The summed E-state index contributed by atoms with van der Waals surface area (Å²) in [6.45, 7) is 1.60. The van der Waals surface area contributed by atoms with Gasteiger partial charge in [-0.25, -0.2) is 8.78 Å². The van der Waals surface area contributed by atoms with E-state index in [1.54, 1.807) is 6.92 Å². The van der Waals surface area contributed by atoms with Crippen LogP contribution in [-0.4, -0.2) is 17.3 Å². The number of halogens is 2. The number of anilines is 1. The summed E-state index contributed by atoms with van der Waals surface area (Å²) in [6, 6.07) is 2.40. The standard InChI is InChI=1S/C14H19F2NO/c1-9-7-8-10(15)14(13(9)16)17-11-5-3-2-4-6-12(11)18/h7-8,11-12,17-18H,2-6H2,1H3. The van der Waals surface area contributed by atoms with Crippen molar-refractivity contribution in [2.75, 3.05) is 5.32 Å². The van der Waals surface area contributed by atoms with Crippen molar-refractivity contribution in [3.05, 3.63) is 29.3 Å². The third-order valence-electron chi connectivity index (χ3n) is 3.59. The van der Waals surface area contributed by atoms with E-state index in [9.17, 15) is 13.9 Å². The summed E-state index contributed by atoms with van der Waals surface area (Å²) in [5.41, 5.74) is 0.294. The number of hydrogen-bond acceptors (Lipinski definition) is 2. The predicted octanol–water partition coefficient (Wildman–Crippen LogP) is 3.38. The number of benzene rings is 1. The molecule has 0 radical (unpaired) electrons. The van der Waals surface area contributed by atoms with E-state index in [0.29, 0.717) is 12.0 Å².